The molecule has 1 aromatic heterocycles. The Hall–Kier alpha value is -2.01. The third-order valence-electron chi connectivity index (χ3n) is 3.35. The van der Waals surface area contributed by atoms with E-state index in [4.69, 9.17) is 16.7 Å². The minimum Gasteiger partial charge on any atom is -0.480 e. The molecule has 1 aliphatic carbocycles. The van der Waals surface area contributed by atoms with Crippen LogP contribution in [0.4, 0.5) is 0 Å². The predicted octanol–water partition coefficient (Wildman–Crippen LogP) is 2.39. The average Bonchev–Trinajstić information content (AvgIpc) is 3.17. The summed E-state index contributed by atoms with van der Waals surface area (Å²) >= 11 is 5.87. The molecule has 0 aliphatic heterocycles. The van der Waals surface area contributed by atoms with E-state index in [1.165, 1.54) is 4.57 Å². The van der Waals surface area contributed by atoms with Crippen molar-refractivity contribution in [3.8, 4) is 11.3 Å². The molecule has 0 atom stereocenters. The van der Waals surface area contributed by atoms with Gasteiger partial charge in [-0.25, -0.2) is 4.79 Å². The predicted molar refractivity (Wildman–Crippen MR) is 75.0 cm³/mol. The number of carboxylic acids is 1. The third-order valence-corrected chi connectivity index (χ3v) is 3.60. The monoisotopic (exact) mass is 292 g/mol. The van der Waals surface area contributed by atoms with Crippen LogP contribution in [0.25, 0.3) is 11.3 Å². The van der Waals surface area contributed by atoms with Crippen LogP contribution < -0.4 is 5.69 Å². The Bertz CT molecular complexity index is 711. The molecule has 0 saturated heterocycles. The first kappa shape index (κ1) is 13.0. The summed E-state index contributed by atoms with van der Waals surface area (Å²) in [5, 5.41) is 9.49. The zero-order chi connectivity index (χ0) is 14.3. The van der Waals surface area contributed by atoms with Gasteiger partial charge in [0.05, 0.1) is 5.69 Å². The molecule has 0 spiro atoms. The molecule has 0 amide bonds. The van der Waals surface area contributed by atoms with Crippen LogP contribution in [0, 0.1) is 0 Å². The number of halogens is 1. The molecule has 1 fully saturated rings. The third kappa shape index (κ3) is 2.36. The first-order valence-corrected chi connectivity index (χ1v) is 6.73. The van der Waals surface area contributed by atoms with Crippen LogP contribution in [0.5, 0.6) is 0 Å². The first-order chi connectivity index (χ1) is 9.56. The summed E-state index contributed by atoms with van der Waals surface area (Å²) in [6, 6.07) is 7.37. The maximum Gasteiger partial charge on any atom is 0.329 e. The molecule has 0 bridgehead atoms. The van der Waals surface area contributed by atoms with Gasteiger partial charge in [0.1, 0.15) is 6.54 Å². The second-order valence-corrected chi connectivity index (χ2v) is 5.36. The summed E-state index contributed by atoms with van der Waals surface area (Å²) in [4.78, 5) is 23.1. The Morgan fingerprint density at radius 1 is 1.30 bits per heavy atom. The van der Waals surface area contributed by atoms with Gasteiger partial charge in [-0.3, -0.25) is 13.9 Å². The van der Waals surface area contributed by atoms with Gasteiger partial charge in [-0.2, -0.15) is 0 Å². The summed E-state index contributed by atoms with van der Waals surface area (Å²) in [5.74, 6) is -1.03. The summed E-state index contributed by atoms with van der Waals surface area (Å²) in [7, 11) is 0. The number of benzene rings is 1. The fourth-order valence-corrected chi connectivity index (χ4v) is 2.41. The Morgan fingerprint density at radius 2 is 1.95 bits per heavy atom. The molecule has 3 rings (SSSR count). The second kappa shape index (κ2) is 4.83. The standard InChI is InChI=1S/C14H13ClN2O3/c15-10-3-1-9(2-4-10)12-7-16(8-13(18)19)14(20)17(12)11-5-6-11/h1-4,7,11H,5-6,8H2,(H,18,19). The van der Waals surface area contributed by atoms with Gasteiger partial charge in [0.15, 0.2) is 0 Å². The van der Waals surface area contributed by atoms with Crippen molar-refractivity contribution in [1.29, 1.82) is 0 Å². The van der Waals surface area contributed by atoms with Crippen LogP contribution in [0.1, 0.15) is 18.9 Å². The lowest BCUT2D eigenvalue weighted by molar-refractivity contribution is -0.137. The van der Waals surface area contributed by atoms with E-state index in [0.29, 0.717) is 5.02 Å². The number of carboxylic acid groups (broad SMARTS) is 1. The normalized spacial score (nSPS) is 14.4. The minimum atomic E-state index is -1.03. The lowest BCUT2D eigenvalue weighted by Gasteiger charge is -2.05. The molecular weight excluding hydrogens is 280 g/mol. The Labute approximate surface area is 120 Å². The maximum atomic E-state index is 12.3. The van der Waals surface area contributed by atoms with Crippen LogP contribution in [-0.4, -0.2) is 20.2 Å². The summed E-state index contributed by atoms with van der Waals surface area (Å²) in [6.07, 6.45) is 3.52. The van der Waals surface area contributed by atoms with Crippen LogP contribution >= 0.6 is 11.6 Å². The fourth-order valence-electron chi connectivity index (χ4n) is 2.29. The summed E-state index contributed by atoms with van der Waals surface area (Å²) in [6.45, 7) is -0.320. The van der Waals surface area contributed by atoms with Gasteiger partial charge in [0.25, 0.3) is 0 Å². The molecule has 104 valence electrons. The number of carbonyl (C=O) groups is 1. The lowest BCUT2D eigenvalue weighted by atomic mass is 10.1. The lowest BCUT2D eigenvalue weighted by Crippen LogP contribution is -2.26. The molecule has 0 unspecified atom stereocenters. The topological polar surface area (TPSA) is 64.2 Å². The minimum absolute atomic E-state index is 0.184. The smallest absolute Gasteiger partial charge is 0.329 e. The van der Waals surface area contributed by atoms with Crippen molar-refractivity contribution in [3.05, 3.63) is 46.0 Å². The number of rotatable bonds is 4. The molecule has 1 aliphatic rings. The molecule has 1 heterocycles. The second-order valence-electron chi connectivity index (χ2n) is 4.93. The average molecular weight is 293 g/mol. The van der Waals surface area contributed by atoms with E-state index in [2.05, 4.69) is 0 Å². The summed E-state index contributed by atoms with van der Waals surface area (Å²) < 4.78 is 2.93. The number of hydrogen-bond acceptors (Lipinski definition) is 2. The molecule has 1 aromatic carbocycles. The molecular formula is C14H13ClN2O3. The van der Waals surface area contributed by atoms with Crippen LogP contribution in [0.2, 0.25) is 5.02 Å². The number of nitrogens with zero attached hydrogens (tertiary/aromatic N) is 2. The molecule has 1 saturated carbocycles. The highest BCUT2D eigenvalue weighted by Crippen LogP contribution is 2.37. The number of aliphatic carboxylic acids is 1. The van der Waals surface area contributed by atoms with Gasteiger partial charge >= 0.3 is 11.7 Å². The van der Waals surface area contributed by atoms with E-state index in [-0.39, 0.29) is 18.3 Å². The maximum absolute atomic E-state index is 12.3. The molecule has 1 N–H and O–H groups in total. The van der Waals surface area contributed by atoms with Crippen molar-refractivity contribution in [2.24, 2.45) is 0 Å². The van der Waals surface area contributed by atoms with Gasteiger partial charge in [0.2, 0.25) is 0 Å². The molecule has 20 heavy (non-hydrogen) atoms. The highest BCUT2D eigenvalue weighted by Gasteiger charge is 2.29. The molecule has 2 aromatic rings. The number of hydrogen-bond donors (Lipinski definition) is 1. The van der Waals surface area contributed by atoms with E-state index in [0.717, 1.165) is 24.1 Å². The van der Waals surface area contributed by atoms with E-state index in [9.17, 15) is 9.59 Å². The van der Waals surface area contributed by atoms with Crippen molar-refractivity contribution in [3.63, 3.8) is 0 Å². The van der Waals surface area contributed by atoms with Gasteiger partial charge in [-0.15, -0.1) is 0 Å². The van der Waals surface area contributed by atoms with E-state index < -0.39 is 5.97 Å². The van der Waals surface area contributed by atoms with E-state index >= 15 is 0 Å². The Morgan fingerprint density at radius 3 is 2.50 bits per heavy atom. The van der Waals surface area contributed by atoms with Gasteiger partial charge in [-0.05, 0) is 30.5 Å². The largest absolute Gasteiger partial charge is 0.480 e. The van der Waals surface area contributed by atoms with Crippen LogP contribution in [0.3, 0.4) is 0 Å². The van der Waals surface area contributed by atoms with Gasteiger partial charge in [0, 0.05) is 17.3 Å². The SMILES string of the molecule is O=C(O)Cn1cc(-c2ccc(Cl)cc2)n(C2CC2)c1=O. The zero-order valence-electron chi connectivity index (χ0n) is 10.6. The van der Waals surface area contributed by atoms with Crippen molar-refractivity contribution >= 4 is 17.6 Å². The molecule has 6 heteroatoms. The van der Waals surface area contributed by atoms with Crippen molar-refractivity contribution in [2.75, 3.05) is 0 Å². The zero-order valence-corrected chi connectivity index (χ0v) is 11.4. The van der Waals surface area contributed by atoms with Crippen LogP contribution in [0.15, 0.2) is 35.3 Å². The highest BCUT2D eigenvalue weighted by molar-refractivity contribution is 6.30. The van der Waals surface area contributed by atoms with Gasteiger partial charge < -0.3 is 5.11 Å². The number of imidazole rings is 1. The fraction of sp³-hybridized carbons (Fsp3) is 0.286. The Kier molecular flexibility index (Phi) is 3.14. The van der Waals surface area contributed by atoms with Crippen molar-refractivity contribution in [2.45, 2.75) is 25.4 Å². The van der Waals surface area contributed by atoms with E-state index in [1.807, 2.05) is 12.1 Å². The number of aromatic nitrogens is 2. The molecule has 5 nitrogen and oxygen atoms in total. The first-order valence-electron chi connectivity index (χ1n) is 6.35. The molecule has 0 radical (unpaired) electrons. The van der Waals surface area contributed by atoms with Gasteiger partial charge in [-0.1, -0.05) is 23.7 Å². The summed E-state index contributed by atoms with van der Waals surface area (Å²) in [5.41, 5.74) is 1.35. The highest BCUT2D eigenvalue weighted by atomic mass is 35.5. The van der Waals surface area contributed by atoms with Crippen LogP contribution in [-0.2, 0) is 11.3 Å². The van der Waals surface area contributed by atoms with Crippen molar-refractivity contribution < 1.29 is 9.90 Å². The van der Waals surface area contributed by atoms with Crippen molar-refractivity contribution in [1.82, 2.24) is 9.13 Å². The quantitative estimate of drug-likeness (QED) is 0.941. The Balaban J connectivity index is 2.11. The van der Waals surface area contributed by atoms with E-state index in [1.54, 1.807) is 22.9 Å².